The van der Waals surface area contributed by atoms with E-state index >= 15 is 0 Å². The number of nitrogens with two attached hydrogens (primary N) is 1. The molecule has 1 aliphatic heterocycles. The van der Waals surface area contributed by atoms with Crippen molar-refractivity contribution in [3.63, 3.8) is 0 Å². The third-order valence-electron chi connectivity index (χ3n) is 2.59. The third kappa shape index (κ3) is 2.18. The fourth-order valence-corrected chi connectivity index (χ4v) is 1.72. The molecular formula is C12H16N2O. The van der Waals surface area contributed by atoms with Gasteiger partial charge in [0.05, 0.1) is 6.04 Å². The second-order valence-corrected chi connectivity index (χ2v) is 3.79. The Bertz CT molecular complexity index is 374. The summed E-state index contributed by atoms with van der Waals surface area (Å²) >= 11 is 0. The lowest BCUT2D eigenvalue weighted by Gasteiger charge is -2.03. The lowest BCUT2D eigenvalue weighted by atomic mass is 10.1. The topological polar surface area (TPSA) is 47.6 Å². The molecule has 80 valence electrons. The molecule has 0 amide bonds. The molecule has 3 heteroatoms. The zero-order chi connectivity index (χ0) is 10.7. The van der Waals surface area contributed by atoms with Gasteiger partial charge in [0.15, 0.2) is 0 Å². The summed E-state index contributed by atoms with van der Waals surface area (Å²) in [6.45, 7) is 3.40. The highest BCUT2D eigenvalue weighted by molar-refractivity contribution is 5.96. The van der Waals surface area contributed by atoms with Crippen molar-refractivity contribution in [2.75, 3.05) is 13.2 Å². The van der Waals surface area contributed by atoms with Crippen LogP contribution in [0.15, 0.2) is 29.3 Å². The van der Waals surface area contributed by atoms with Crippen LogP contribution in [0.4, 0.5) is 0 Å². The van der Waals surface area contributed by atoms with Crippen LogP contribution in [0.2, 0.25) is 0 Å². The van der Waals surface area contributed by atoms with Gasteiger partial charge in [0.25, 0.3) is 0 Å². The Morgan fingerprint density at radius 1 is 1.47 bits per heavy atom. The van der Waals surface area contributed by atoms with Crippen LogP contribution in [0.3, 0.4) is 0 Å². The van der Waals surface area contributed by atoms with Crippen molar-refractivity contribution in [3.8, 4) is 0 Å². The number of hydrogen-bond donors (Lipinski definition) is 1. The maximum Gasteiger partial charge on any atom is 0.216 e. The summed E-state index contributed by atoms with van der Waals surface area (Å²) in [5.74, 6) is 0.770. The summed E-state index contributed by atoms with van der Waals surface area (Å²) in [6, 6.07) is 8.37. The zero-order valence-electron chi connectivity index (χ0n) is 8.94. The molecule has 15 heavy (non-hydrogen) atoms. The lowest BCUT2D eigenvalue weighted by molar-refractivity contribution is 0.313. The van der Waals surface area contributed by atoms with E-state index in [0.29, 0.717) is 13.2 Å². The monoisotopic (exact) mass is 204 g/mol. The van der Waals surface area contributed by atoms with Gasteiger partial charge in [0.1, 0.15) is 6.61 Å². The predicted molar refractivity (Wildman–Crippen MR) is 61.1 cm³/mol. The van der Waals surface area contributed by atoms with Gasteiger partial charge in [-0.15, -0.1) is 0 Å². The van der Waals surface area contributed by atoms with Gasteiger partial charge in [-0.1, -0.05) is 18.2 Å². The second kappa shape index (κ2) is 4.45. The third-order valence-corrected chi connectivity index (χ3v) is 2.59. The van der Waals surface area contributed by atoms with E-state index in [1.807, 2.05) is 18.2 Å². The smallest absolute Gasteiger partial charge is 0.216 e. The molecular weight excluding hydrogens is 188 g/mol. The molecule has 0 spiro atoms. The van der Waals surface area contributed by atoms with Gasteiger partial charge in [-0.3, -0.25) is 0 Å². The molecule has 1 heterocycles. The first-order chi connectivity index (χ1) is 7.31. The Morgan fingerprint density at radius 3 is 3.00 bits per heavy atom. The quantitative estimate of drug-likeness (QED) is 0.810. The van der Waals surface area contributed by atoms with Gasteiger partial charge in [-0.2, -0.15) is 0 Å². The Balaban J connectivity index is 2.19. The zero-order valence-corrected chi connectivity index (χ0v) is 8.94. The SMILES string of the molecule is Cc1ccccc1C1=NC(CCN)CO1. The van der Waals surface area contributed by atoms with Crippen LogP contribution in [-0.2, 0) is 4.74 Å². The van der Waals surface area contributed by atoms with Crippen molar-refractivity contribution in [2.24, 2.45) is 10.7 Å². The Hall–Kier alpha value is -1.35. The number of aliphatic imine (C=N–C) groups is 1. The van der Waals surface area contributed by atoms with Gasteiger partial charge in [-0.25, -0.2) is 4.99 Å². The fourth-order valence-electron chi connectivity index (χ4n) is 1.72. The van der Waals surface area contributed by atoms with Gasteiger partial charge < -0.3 is 10.5 Å². The van der Waals surface area contributed by atoms with Crippen molar-refractivity contribution in [3.05, 3.63) is 35.4 Å². The Labute approximate surface area is 90.0 Å². The van der Waals surface area contributed by atoms with E-state index in [0.717, 1.165) is 17.9 Å². The summed E-state index contributed by atoms with van der Waals surface area (Å²) in [5, 5.41) is 0. The molecule has 0 fully saturated rings. The molecule has 0 aromatic heterocycles. The highest BCUT2D eigenvalue weighted by atomic mass is 16.5. The van der Waals surface area contributed by atoms with Crippen LogP contribution in [-0.4, -0.2) is 25.1 Å². The molecule has 0 aliphatic carbocycles. The van der Waals surface area contributed by atoms with E-state index < -0.39 is 0 Å². The van der Waals surface area contributed by atoms with Gasteiger partial charge in [0, 0.05) is 5.56 Å². The molecule has 0 bridgehead atoms. The van der Waals surface area contributed by atoms with Crippen LogP contribution in [0.5, 0.6) is 0 Å². The van der Waals surface area contributed by atoms with Crippen LogP contribution < -0.4 is 5.73 Å². The summed E-state index contributed by atoms with van der Waals surface area (Å²) in [4.78, 5) is 4.52. The fraction of sp³-hybridized carbons (Fsp3) is 0.417. The maximum atomic E-state index is 5.58. The number of rotatable bonds is 3. The van der Waals surface area contributed by atoms with Gasteiger partial charge in [0.2, 0.25) is 5.90 Å². The average molecular weight is 204 g/mol. The van der Waals surface area contributed by atoms with E-state index in [2.05, 4.69) is 18.0 Å². The first kappa shape index (κ1) is 10.2. The Kier molecular flexibility index (Phi) is 3.02. The average Bonchev–Trinajstić information content (AvgIpc) is 2.68. The second-order valence-electron chi connectivity index (χ2n) is 3.79. The number of aryl methyl sites for hydroxylation is 1. The van der Waals surface area contributed by atoms with Crippen LogP contribution in [0.1, 0.15) is 17.5 Å². The van der Waals surface area contributed by atoms with Crippen LogP contribution >= 0.6 is 0 Å². The minimum absolute atomic E-state index is 0.240. The minimum atomic E-state index is 0.240. The largest absolute Gasteiger partial charge is 0.475 e. The normalized spacial score (nSPS) is 19.9. The number of benzene rings is 1. The molecule has 0 radical (unpaired) electrons. The van der Waals surface area contributed by atoms with Gasteiger partial charge in [-0.05, 0) is 31.5 Å². The van der Waals surface area contributed by atoms with Crippen LogP contribution in [0, 0.1) is 6.92 Å². The molecule has 0 saturated carbocycles. The van der Waals surface area contributed by atoms with E-state index in [4.69, 9.17) is 10.5 Å². The maximum absolute atomic E-state index is 5.58. The molecule has 2 N–H and O–H groups in total. The van der Waals surface area contributed by atoms with E-state index in [1.54, 1.807) is 0 Å². The summed E-state index contributed by atoms with van der Waals surface area (Å²) in [6.07, 6.45) is 0.898. The molecule has 3 nitrogen and oxygen atoms in total. The van der Waals surface area contributed by atoms with Crippen LogP contribution in [0.25, 0.3) is 0 Å². The molecule has 1 atom stereocenters. The van der Waals surface area contributed by atoms with Crippen molar-refractivity contribution < 1.29 is 4.74 Å². The summed E-state index contributed by atoms with van der Waals surface area (Å²) < 4.78 is 5.58. The predicted octanol–water partition coefficient (Wildman–Crippen LogP) is 1.49. The van der Waals surface area contributed by atoms with Crippen molar-refractivity contribution in [1.29, 1.82) is 0 Å². The molecule has 1 aromatic carbocycles. The van der Waals surface area contributed by atoms with Crippen molar-refractivity contribution in [1.82, 2.24) is 0 Å². The standard InChI is InChI=1S/C12H16N2O/c1-9-4-2-3-5-11(9)12-14-10(6-7-13)8-15-12/h2-5,10H,6-8,13H2,1H3. The number of hydrogen-bond acceptors (Lipinski definition) is 3. The van der Waals surface area contributed by atoms with Gasteiger partial charge >= 0.3 is 0 Å². The Morgan fingerprint density at radius 2 is 2.27 bits per heavy atom. The lowest BCUT2D eigenvalue weighted by Crippen LogP contribution is -2.12. The molecule has 1 unspecified atom stereocenters. The summed E-state index contributed by atoms with van der Waals surface area (Å²) in [7, 11) is 0. The van der Waals surface area contributed by atoms with E-state index in [1.165, 1.54) is 5.56 Å². The molecule has 1 aromatic rings. The van der Waals surface area contributed by atoms with E-state index in [9.17, 15) is 0 Å². The highest BCUT2D eigenvalue weighted by Crippen LogP contribution is 2.16. The highest BCUT2D eigenvalue weighted by Gasteiger charge is 2.19. The first-order valence-corrected chi connectivity index (χ1v) is 5.28. The number of ether oxygens (including phenoxy) is 1. The van der Waals surface area contributed by atoms with Crippen molar-refractivity contribution in [2.45, 2.75) is 19.4 Å². The molecule has 2 rings (SSSR count). The number of nitrogens with zero attached hydrogens (tertiary/aromatic N) is 1. The first-order valence-electron chi connectivity index (χ1n) is 5.28. The summed E-state index contributed by atoms with van der Waals surface area (Å²) in [5.41, 5.74) is 7.79. The van der Waals surface area contributed by atoms with E-state index in [-0.39, 0.29) is 6.04 Å². The molecule has 1 aliphatic rings. The molecule has 0 saturated heterocycles. The van der Waals surface area contributed by atoms with Crippen molar-refractivity contribution >= 4 is 5.90 Å². The minimum Gasteiger partial charge on any atom is -0.475 e.